The molecule has 0 fully saturated rings. The number of benzene rings is 1. The molecule has 90 valence electrons. The number of hydrogen-bond donors (Lipinski definition) is 1. The lowest BCUT2D eigenvalue weighted by Crippen LogP contribution is -2.25. The summed E-state index contributed by atoms with van der Waals surface area (Å²) in [5.41, 5.74) is 1.29. The summed E-state index contributed by atoms with van der Waals surface area (Å²) in [4.78, 5) is 0. The SMILES string of the molecule is Cl.FC(F)(F)c1cc(I)c2c(c1)CNCC2. The molecule has 16 heavy (non-hydrogen) atoms. The number of alkyl halides is 3. The topological polar surface area (TPSA) is 12.0 Å². The molecule has 1 N–H and O–H groups in total. The molecule has 0 radical (unpaired) electrons. The second-order valence-electron chi connectivity index (χ2n) is 3.52. The minimum atomic E-state index is -4.24. The summed E-state index contributed by atoms with van der Waals surface area (Å²) in [6, 6.07) is 2.48. The van der Waals surface area contributed by atoms with Crippen LogP contribution in [-0.4, -0.2) is 6.54 Å². The van der Waals surface area contributed by atoms with Gasteiger partial charge in [0, 0.05) is 10.1 Å². The third kappa shape index (κ3) is 2.81. The van der Waals surface area contributed by atoms with Gasteiger partial charge in [-0.15, -0.1) is 12.4 Å². The molecule has 0 saturated heterocycles. The molecule has 0 atom stereocenters. The monoisotopic (exact) mass is 363 g/mol. The highest BCUT2D eigenvalue weighted by Gasteiger charge is 2.32. The minimum Gasteiger partial charge on any atom is -0.312 e. The van der Waals surface area contributed by atoms with E-state index in [9.17, 15) is 13.2 Å². The van der Waals surface area contributed by atoms with Gasteiger partial charge in [-0.05, 0) is 58.8 Å². The number of nitrogens with one attached hydrogen (secondary N) is 1. The molecule has 1 nitrogen and oxygen atoms in total. The van der Waals surface area contributed by atoms with E-state index in [1.165, 1.54) is 12.1 Å². The number of hydrogen-bond acceptors (Lipinski definition) is 1. The first-order valence-corrected chi connectivity index (χ1v) is 5.65. The standard InChI is InChI=1S/C10H9F3IN.ClH/c11-10(12,13)7-3-6-5-15-2-1-8(6)9(14)4-7;/h3-4,15H,1-2,5H2;1H. The highest BCUT2D eigenvalue weighted by Crippen LogP contribution is 2.33. The molecule has 0 bridgehead atoms. The van der Waals surface area contributed by atoms with E-state index in [1.54, 1.807) is 0 Å². The summed E-state index contributed by atoms with van der Waals surface area (Å²) in [5, 5.41) is 3.08. The van der Waals surface area contributed by atoms with Gasteiger partial charge in [0.05, 0.1) is 5.56 Å². The van der Waals surface area contributed by atoms with E-state index in [2.05, 4.69) is 5.32 Å². The molecule has 1 heterocycles. The van der Waals surface area contributed by atoms with Crippen LogP contribution in [-0.2, 0) is 19.1 Å². The summed E-state index contributed by atoms with van der Waals surface area (Å²) in [6.07, 6.45) is -3.43. The van der Waals surface area contributed by atoms with Crippen LogP contribution in [0.5, 0.6) is 0 Å². The average Bonchev–Trinajstić information content (AvgIpc) is 2.16. The fraction of sp³-hybridized carbons (Fsp3) is 0.400. The van der Waals surface area contributed by atoms with Gasteiger partial charge in [-0.3, -0.25) is 0 Å². The Morgan fingerprint density at radius 2 is 1.94 bits per heavy atom. The lowest BCUT2D eigenvalue weighted by Gasteiger charge is -2.20. The number of halogens is 5. The van der Waals surface area contributed by atoms with Crippen molar-refractivity contribution < 1.29 is 13.2 Å². The van der Waals surface area contributed by atoms with E-state index in [4.69, 9.17) is 0 Å². The molecular weight excluding hydrogens is 353 g/mol. The average molecular weight is 364 g/mol. The first kappa shape index (κ1) is 14.1. The molecule has 6 heteroatoms. The van der Waals surface area contributed by atoms with Crippen molar-refractivity contribution in [2.75, 3.05) is 6.54 Å². The van der Waals surface area contributed by atoms with Gasteiger partial charge in [-0.25, -0.2) is 0 Å². The Morgan fingerprint density at radius 1 is 1.25 bits per heavy atom. The lowest BCUT2D eigenvalue weighted by atomic mass is 9.98. The van der Waals surface area contributed by atoms with Crippen LogP contribution in [0.2, 0.25) is 0 Å². The lowest BCUT2D eigenvalue weighted by molar-refractivity contribution is -0.137. The van der Waals surface area contributed by atoms with Gasteiger partial charge in [-0.1, -0.05) is 0 Å². The first-order valence-electron chi connectivity index (χ1n) is 4.57. The fourth-order valence-electron chi connectivity index (χ4n) is 1.73. The van der Waals surface area contributed by atoms with Crippen LogP contribution in [0.15, 0.2) is 12.1 Å². The molecular formula is C10H10ClF3IN. The molecule has 1 aromatic rings. The smallest absolute Gasteiger partial charge is 0.312 e. The number of fused-ring (bicyclic) bond motifs is 1. The Kier molecular flexibility index (Phi) is 4.48. The summed E-state index contributed by atoms with van der Waals surface area (Å²) < 4.78 is 38.3. The van der Waals surface area contributed by atoms with Gasteiger partial charge >= 0.3 is 6.18 Å². The van der Waals surface area contributed by atoms with Crippen LogP contribution < -0.4 is 5.32 Å². The molecule has 1 aliphatic heterocycles. The zero-order valence-corrected chi connectivity index (χ0v) is 11.2. The van der Waals surface area contributed by atoms with Crippen molar-refractivity contribution in [3.8, 4) is 0 Å². The predicted octanol–water partition coefficient (Wildman–Crippen LogP) is 3.38. The molecule has 0 amide bonds. The molecule has 0 aromatic heterocycles. The van der Waals surface area contributed by atoms with Gasteiger partial charge in [0.25, 0.3) is 0 Å². The van der Waals surface area contributed by atoms with Gasteiger partial charge < -0.3 is 5.32 Å². The van der Waals surface area contributed by atoms with Gasteiger partial charge in [-0.2, -0.15) is 13.2 Å². The van der Waals surface area contributed by atoms with Gasteiger partial charge in [0.2, 0.25) is 0 Å². The maximum atomic E-state index is 12.5. The normalized spacial score (nSPS) is 15.2. The fourth-order valence-corrected chi connectivity index (χ4v) is 2.68. The first-order chi connectivity index (χ1) is 6.98. The number of rotatable bonds is 0. The second-order valence-corrected chi connectivity index (χ2v) is 4.68. The Balaban J connectivity index is 0.00000128. The van der Waals surface area contributed by atoms with E-state index in [1.807, 2.05) is 22.6 Å². The molecule has 2 rings (SSSR count). The quantitative estimate of drug-likeness (QED) is 0.697. The van der Waals surface area contributed by atoms with E-state index < -0.39 is 11.7 Å². The zero-order valence-electron chi connectivity index (χ0n) is 8.20. The van der Waals surface area contributed by atoms with Crippen molar-refractivity contribution in [2.45, 2.75) is 19.1 Å². The predicted molar refractivity (Wildman–Crippen MR) is 66.8 cm³/mol. The van der Waals surface area contributed by atoms with E-state index in [-0.39, 0.29) is 12.4 Å². The van der Waals surface area contributed by atoms with Crippen molar-refractivity contribution in [3.05, 3.63) is 32.4 Å². The van der Waals surface area contributed by atoms with E-state index in [0.29, 0.717) is 6.54 Å². The van der Waals surface area contributed by atoms with Crippen LogP contribution >= 0.6 is 35.0 Å². The molecule has 0 saturated carbocycles. The van der Waals surface area contributed by atoms with Crippen LogP contribution in [0.3, 0.4) is 0 Å². The summed E-state index contributed by atoms with van der Waals surface area (Å²) in [5.74, 6) is 0. The Labute approximate surface area is 111 Å². The molecule has 0 aliphatic carbocycles. The molecule has 1 aliphatic rings. The third-order valence-electron chi connectivity index (χ3n) is 2.48. The zero-order chi connectivity index (χ0) is 11.1. The minimum absolute atomic E-state index is 0. The van der Waals surface area contributed by atoms with E-state index in [0.717, 1.165) is 27.7 Å². The largest absolute Gasteiger partial charge is 0.416 e. The Hall–Kier alpha value is -0.0100. The highest BCUT2D eigenvalue weighted by molar-refractivity contribution is 14.1. The van der Waals surface area contributed by atoms with Crippen molar-refractivity contribution >= 4 is 35.0 Å². The molecule has 0 unspecified atom stereocenters. The van der Waals surface area contributed by atoms with Crippen LogP contribution in [0.1, 0.15) is 16.7 Å². The Bertz CT molecular complexity index is 392. The highest BCUT2D eigenvalue weighted by atomic mass is 127. The maximum absolute atomic E-state index is 12.5. The van der Waals surface area contributed by atoms with Crippen molar-refractivity contribution in [1.82, 2.24) is 5.32 Å². The van der Waals surface area contributed by atoms with Crippen LogP contribution in [0, 0.1) is 3.57 Å². The summed E-state index contributed by atoms with van der Waals surface area (Å²) in [6.45, 7) is 1.38. The van der Waals surface area contributed by atoms with Crippen molar-refractivity contribution in [3.63, 3.8) is 0 Å². The maximum Gasteiger partial charge on any atom is 0.416 e. The van der Waals surface area contributed by atoms with Crippen LogP contribution in [0.25, 0.3) is 0 Å². The van der Waals surface area contributed by atoms with Crippen molar-refractivity contribution in [1.29, 1.82) is 0 Å². The molecule has 1 aromatic carbocycles. The van der Waals surface area contributed by atoms with Gasteiger partial charge in [0.1, 0.15) is 0 Å². The third-order valence-corrected chi connectivity index (χ3v) is 3.44. The molecule has 0 spiro atoms. The van der Waals surface area contributed by atoms with E-state index >= 15 is 0 Å². The summed E-state index contributed by atoms with van der Waals surface area (Å²) in [7, 11) is 0. The Morgan fingerprint density at radius 3 is 2.56 bits per heavy atom. The second kappa shape index (κ2) is 5.10. The van der Waals surface area contributed by atoms with Gasteiger partial charge in [0.15, 0.2) is 0 Å². The van der Waals surface area contributed by atoms with Crippen LogP contribution in [0.4, 0.5) is 13.2 Å². The van der Waals surface area contributed by atoms with Crippen molar-refractivity contribution in [2.24, 2.45) is 0 Å². The summed E-state index contributed by atoms with van der Waals surface area (Å²) >= 11 is 1.98.